The molecule has 5 heteroatoms. The SMILES string of the molecule is O=C(CCc1ccccc1)Nc1ccc([O-])cc1C(=O)O. The van der Waals surface area contributed by atoms with Gasteiger partial charge in [-0.25, -0.2) is 4.79 Å². The number of hydrogen-bond donors (Lipinski definition) is 2. The summed E-state index contributed by atoms with van der Waals surface area (Å²) in [6.07, 6.45) is 0.802. The highest BCUT2D eigenvalue weighted by atomic mass is 16.4. The predicted octanol–water partition coefficient (Wildman–Crippen LogP) is 2.03. The molecule has 0 aliphatic rings. The zero-order chi connectivity index (χ0) is 15.2. The van der Waals surface area contributed by atoms with Crippen molar-refractivity contribution in [2.75, 3.05) is 5.32 Å². The molecule has 0 saturated heterocycles. The molecular weight excluding hydrogens is 270 g/mol. The minimum absolute atomic E-state index is 0.139. The quantitative estimate of drug-likeness (QED) is 0.879. The van der Waals surface area contributed by atoms with Gasteiger partial charge in [-0.3, -0.25) is 4.79 Å². The van der Waals surface area contributed by atoms with Gasteiger partial charge in [0, 0.05) is 6.42 Å². The molecule has 0 saturated carbocycles. The Morgan fingerprint density at radius 3 is 2.48 bits per heavy atom. The minimum atomic E-state index is -1.24. The van der Waals surface area contributed by atoms with E-state index in [1.165, 1.54) is 12.1 Å². The van der Waals surface area contributed by atoms with E-state index < -0.39 is 11.7 Å². The van der Waals surface area contributed by atoms with Gasteiger partial charge in [0.05, 0.1) is 11.3 Å². The maximum Gasteiger partial charge on any atom is 0.337 e. The van der Waals surface area contributed by atoms with Crippen molar-refractivity contribution < 1.29 is 19.8 Å². The third kappa shape index (κ3) is 4.07. The number of amides is 1. The molecule has 21 heavy (non-hydrogen) atoms. The van der Waals surface area contributed by atoms with Crippen LogP contribution in [0.2, 0.25) is 0 Å². The molecule has 0 heterocycles. The number of nitrogens with one attached hydrogen (secondary N) is 1. The fraction of sp³-hybridized carbons (Fsp3) is 0.125. The molecule has 0 aliphatic carbocycles. The number of hydrogen-bond acceptors (Lipinski definition) is 3. The number of carbonyl (C=O) groups is 2. The lowest BCUT2D eigenvalue weighted by Gasteiger charge is -2.12. The zero-order valence-corrected chi connectivity index (χ0v) is 11.2. The van der Waals surface area contributed by atoms with Gasteiger partial charge in [0.25, 0.3) is 0 Å². The van der Waals surface area contributed by atoms with Crippen molar-refractivity contribution in [3.8, 4) is 5.75 Å². The van der Waals surface area contributed by atoms with Crippen LogP contribution in [-0.2, 0) is 11.2 Å². The van der Waals surface area contributed by atoms with E-state index >= 15 is 0 Å². The molecular formula is C16H14NO4-. The number of aromatic carboxylic acids is 1. The van der Waals surface area contributed by atoms with Crippen molar-refractivity contribution in [3.63, 3.8) is 0 Å². The first kappa shape index (κ1) is 14.6. The molecule has 0 aromatic heterocycles. The van der Waals surface area contributed by atoms with Gasteiger partial charge in [-0.2, -0.15) is 0 Å². The summed E-state index contributed by atoms with van der Waals surface area (Å²) in [5, 5.41) is 22.7. The molecule has 0 bridgehead atoms. The summed E-state index contributed by atoms with van der Waals surface area (Å²) < 4.78 is 0. The number of carboxylic acid groups (broad SMARTS) is 1. The Kier molecular flexibility index (Phi) is 4.56. The summed E-state index contributed by atoms with van der Waals surface area (Å²) in [6.45, 7) is 0. The van der Waals surface area contributed by atoms with Crippen LogP contribution in [0.15, 0.2) is 48.5 Å². The number of benzene rings is 2. The first-order valence-electron chi connectivity index (χ1n) is 6.44. The second kappa shape index (κ2) is 6.56. The minimum Gasteiger partial charge on any atom is -0.872 e. The molecule has 0 unspecified atom stereocenters. The summed E-state index contributed by atoms with van der Waals surface area (Å²) in [7, 11) is 0. The number of rotatable bonds is 5. The van der Waals surface area contributed by atoms with Gasteiger partial charge in [-0.1, -0.05) is 42.5 Å². The largest absolute Gasteiger partial charge is 0.872 e. The fourth-order valence-electron chi connectivity index (χ4n) is 1.92. The van der Waals surface area contributed by atoms with E-state index in [1.54, 1.807) is 0 Å². The molecule has 108 valence electrons. The molecule has 0 aliphatic heterocycles. The van der Waals surface area contributed by atoms with E-state index in [2.05, 4.69) is 5.32 Å². The topological polar surface area (TPSA) is 89.5 Å². The third-order valence-corrected chi connectivity index (χ3v) is 2.98. The van der Waals surface area contributed by atoms with Gasteiger partial charge < -0.3 is 15.5 Å². The Hall–Kier alpha value is -2.82. The van der Waals surface area contributed by atoms with Crippen LogP contribution < -0.4 is 10.4 Å². The molecule has 1 amide bonds. The highest BCUT2D eigenvalue weighted by molar-refractivity contribution is 6.00. The second-order valence-electron chi connectivity index (χ2n) is 4.55. The van der Waals surface area contributed by atoms with Crippen molar-refractivity contribution in [3.05, 3.63) is 59.7 Å². The molecule has 0 fully saturated rings. The molecule has 0 spiro atoms. The molecule has 0 radical (unpaired) electrons. The van der Waals surface area contributed by atoms with Crippen LogP contribution >= 0.6 is 0 Å². The van der Waals surface area contributed by atoms with Gasteiger partial charge in [0.15, 0.2) is 0 Å². The van der Waals surface area contributed by atoms with E-state index in [-0.39, 0.29) is 23.6 Å². The lowest BCUT2D eigenvalue weighted by Crippen LogP contribution is -2.15. The van der Waals surface area contributed by atoms with E-state index in [0.717, 1.165) is 11.6 Å². The average molecular weight is 284 g/mol. The molecule has 2 aromatic carbocycles. The van der Waals surface area contributed by atoms with Gasteiger partial charge in [-0.15, -0.1) is 5.75 Å². The van der Waals surface area contributed by atoms with E-state index in [0.29, 0.717) is 6.42 Å². The Bertz CT molecular complexity index is 653. The van der Waals surface area contributed by atoms with Crippen molar-refractivity contribution in [1.82, 2.24) is 0 Å². The number of carboxylic acids is 1. The summed E-state index contributed by atoms with van der Waals surface area (Å²) in [4.78, 5) is 22.9. The van der Waals surface area contributed by atoms with Crippen LogP contribution in [0.5, 0.6) is 5.75 Å². The molecule has 5 nitrogen and oxygen atoms in total. The maximum absolute atomic E-state index is 11.9. The standard InChI is InChI=1S/C16H15NO4/c18-12-7-8-14(13(10-12)16(20)21)17-15(19)9-6-11-4-2-1-3-5-11/h1-5,7-8,10,18H,6,9H2,(H,17,19)(H,20,21)/p-1. The average Bonchev–Trinajstić information content (AvgIpc) is 2.48. The van der Waals surface area contributed by atoms with Gasteiger partial charge in [-0.05, 0) is 18.1 Å². The van der Waals surface area contributed by atoms with Crippen LogP contribution in [0.3, 0.4) is 0 Å². The van der Waals surface area contributed by atoms with Gasteiger partial charge in [0.2, 0.25) is 5.91 Å². The number of carbonyl (C=O) groups excluding carboxylic acids is 1. The van der Waals surface area contributed by atoms with Crippen molar-refractivity contribution in [2.24, 2.45) is 0 Å². The number of aryl methyl sites for hydroxylation is 1. The summed E-state index contributed by atoms with van der Waals surface area (Å²) in [5.74, 6) is -1.94. The number of anilines is 1. The second-order valence-corrected chi connectivity index (χ2v) is 4.55. The highest BCUT2D eigenvalue weighted by Crippen LogP contribution is 2.20. The van der Waals surface area contributed by atoms with Crippen LogP contribution in [0.1, 0.15) is 22.3 Å². The normalized spacial score (nSPS) is 10.1. The van der Waals surface area contributed by atoms with E-state index in [9.17, 15) is 14.7 Å². The summed E-state index contributed by atoms with van der Waals surface area (Å²) >= 11 is 0. The van der Waals surface area contributed by atoms with E-state index in [4.69, 9.17) is 5.11 Å². The first-order chi connectivity index (χ1) is 10.1. The molecule has 2 rings (SSSR count). The van der Waals surface area contributed by atoms with Crippen molar-refractivity contribution in [1.29, 1.82) is 0 Å². The Labute approximate surface area is 121 Å². The first-order valence-corrected chi connectivity index (χ1v) is 6.44. The fourth-order valence-corrected chi connectivity index (χ4v) is 1.92. The Morgan fingerprint density at radius 2 is 1.81 bits per heavy atom. The van der Waals surface area contributed by atoms with Crippen LogP contribution in [-0.4, -0.2) is 17.0 Å². The Morgan fingerprint density at radius 1 is 1.10 bits per heavy atom. The van der Waals surface area contributed by atoms with Gasteiger partial charge >= 0.3 is 5.97 Å². The molecule has 0 atom stereocenters. The molecule has 2 aromatic rings. The van der Waals surface area contributed by atoms with Crippen LogP contribution in [0.4, 0.5) is 5.69 Å². The predicted molar refractivity (Wildman–Crippen MR) is 76.2 cm³/mol. The Balaban J connectivity index is 2.01. The van der Waals surface area contributed by atoms with Crippen molar-refractivity contribution in [2.45, 2.75) is 12.8 Å². The van der Waals surface area contributed by atoms with Crippen LogP contribution in [0, 0.1) is 0 Å². The van der Waals surface area contributed by atoms with Crippen LogP contribution in [0.25, 0.3) is 0 Å². The zero-order valence-electron chi connectivity index (χ0n) is 11.2. The summed E-state index contributed by atoms with van der Waals surface area (Å²) in [6, 6.07) is 13.0. The monoisotopic (exact) mass is 284 g/mol. The molecule has 2 N–H and O–H groups in total. The van der Waals surface area contributed by atoms with Crippen molar-refractivity contribution >= 4 is 17.6 Å². The smallest absolute Gasteiger partial charge is 0.337 e. The highest BCUT2D eigenvalue weighted by Gasteiger charge is 2.11. The third-order valence-electron chi connectivity index (χ3n) is 2.98. The summed E-state index contributed by atoms with van der Waals surface area (Å²) in [5.41, 5.74) is 0.969. The maximum atomic E-state index is 11.9. The lowest BCUT2D eigenvalue weighted by atomic mass is 10.1. The van der Waals surface area contributed by atoms with Gasteiger partial charge in [0.1, 0.15) is 0 Å². The van der Waals surface area contributed by atoms with E-state index in [1.807, 2.05) is 30.3 Å². The lowest BCUT2D eigenvalue weighted by molar-refractivity contribution is -0.268.